The fourth-order valence-electron chi connectivity index (χ4n) is 2.89. The molecule has 0 aliphatic heterocycles. The molecule has 2 N–H and O–H groups in total. The summed E-state index contributed by atoms with van der Waals surface area (Å²) in [5.74, 6) is 1.55. The van der Waals surface area contributed by atoms with Crippen LogP contribution in [0.15, 0.2) is 78.9 Å². The molecule has 0 aliphatic carbocycles. The molecule has 0 spiro atoms. The Morgan fingerprint density at radius 2 is 1.76 bits per heavy atom. The van der Waals surface area contributed by atoms with Gasteiger partial charge in [-0.25, -0.2) is 9.77 Å². The topological polar surface area (TPSA) is 54.9 Å². The van der Waals surface area contributed by atoms with Crippen LogP contribution in [0.3, 0.4) is 0 Å². The number of benzene rings is 3. The molecule has 146 valence electrons. The van der Waals surface area contributed by atoms with E-state index in [4.69, 9.17) is 28.6 Å². The summed E-state index contributed by atoms with van der Waals surface area (Å²) in [4.78, 5) is 0. The third-order valence-corrected chi connectivity index (χ3v) is 4.89. The van der Waals surface area contributed by atoms with Crippen LogP contribution in [0.5, 0.6) is 5.75 Å². The van der Waals surface area contributed by atoms with Crippen LogP contribution in [-0.4, -0.2) is 14.9 Å². The molecule has 29 heavy (non-hydrogen) atoms. The number of rotatable bonds is 7. The molecule has 3 aromatic carbocycles. The van der Waals surface area contributed by atoms with Gasteiger partial charge in [-0.3, -0.25) is 0 Å². The number of hydrogen-bond donors (Lipinski definition) is 2. The average Bonchev–Trinajstić information content (AvgIpc) is 3.13. The summed E-state index contributed by atoms with van der Waals surface area (Å²) < 4.78 is 8.21. The molecule has 7 heteroatoms. The van der Waals surface area contributed by atoms with Gasteiger partial charge in [-0.2, -0.15) is 5.10 Å². The van der Waals surface area contributed by atoms with Crippen molar-refractivity contribution in [3.05, 3.63) is 99.8 Å². The Balaban J connectivity index is 1.43. The normalized spacial score (nSPS) is 10.7. The number of aromatic nitrogens is 3. The smallest absolute Gasteiger partial charge is 0.214 e. The van der Waals surface area contributed by atoms with E-state index in [1.54, 1.807) is 4.68 Å². The maximum absolute atomic E-state index is 5.92. The molecule has 4 rings (SSSR count). The van der Waals surface area contributed by atoms with Crippen molar-refractivity contribution in [2.75, 3.05) is 5.43 Å². The number of halogens is 1. The Labute approximate surface area is 178 Å². The highest BCUT2D eigenvalue weighted by Gasteiger charge is 2.08. The standard InChI is InChI=1S/C22H19ClN4OS/c23-19-11-9-16(10-12-19)15-28-20-8-4-5-17(13-20)14-24-27-21(25-26-22(27)29)18-6-2-1-3-7-18/h1-13,24H,14-15H2,(H,26,29). The van der Waals surface area contributed by atoms with Crippen molar-refractivity contribution in [3.8, 4) is 17.1 Å². The molecule has 1 heterocycles. The first-order valence-corrected chi connectivity index (χ1v) is 9.90. The minimum Gasteiger partial charge on any atom is -0.489 e. The van der Waals surface area contributed by atoms with Gasteiger partial charge in [0.15, 0.2) is 5.82 Å². The van der Waals surface area contributed by atoms with Crippen LogP contribution in [0.1, 0.15) is 11.1 Å². The maximum atomic E-state index is 5.92. The first-order valence-electron chi connectivity index (χ1n) is 9.12. The summed E-state index contributed by atoms with van der Waals surface area (Å²) in [7, 11) is 0. The van der Waals surface area contributed by atoms with Crippen LogP contribution in [0.2, 0.25) is 5.02 Å². The van der Waals surface area contributed by atoms with E-state index in [0.29, 0.717) is 17.9 Å². The third kappa shape index (κ3) is 4.85. The first-order chi connectivity index (χ1) is 14.2. The zero-order valence-corrected chi connectivity index (χ0v) is 17.1. The summed E-state index contributed by atoms with van der Waals surface area (Å²) in [5.41, 5.74) is 6.45. The van der Waals surface area contributed by atoms with E-state index < -0.39 is 0 Å². The van der Waals surface area contributed by atoms with Crippen molar-refractivity contribution in [1.29, 1.82) is 0 Å². The monoisotopic (exact) mass is 422 g/mol. The number of hydrogen-bond acceptors (Lipinski definition) is 4. The average molecular weight is 423 g/mol. The first kappa shape index (κ1) is 19.2. The van der Waals surface area contributed by atoms with E-state index in [1.165, 1.54) is 0 Å². The van der Waals surface area contributed by atoms with E-state index >= 15 is 0 Å². The minimum absolute atomic E-state index is 0.485. The van der Waals surface area contributed by atoms with E-state index in [-0.39, 0.29) is 0 Å². The van der Waals surface area contributed by atoms with Crippen LogP contribution >= 0.6 is 23.8 Å². The van der Waals surface area contributed by atoms with Crippen molar-refractivity contribution in [2.45, 2.75) is 13.2 Å². The van der Waals surface area contributed by atoms with E-state index in [9.17, 15) is 0 Å². The molecule has 0 aliphatic rings. The Morgan fingerprint density at radius 1 is 0.966 bits per heavy atom. The second-order valence-corrected chi connectivity index (χ2v) is 7.27. The Hall–Kier alpha value is -3.09. The second kappa shape index (κ2) is 8.94. The van der Waals surface area contributed by atoms with Crippen LogP contribution in [0, 0.1) is 4.77 Å². The largest absolute Gasteiger partial charge is 0.489 e. The molecular weight excluding hydrogens is 404 g/mol. The molecule has 0 bridgehead atoms. The van der Waals surface area contributed by atoms with E-state index in [1.807, 2.05) is 78.9 Å². The molecule has 5 nitrogen and oxygen atoms in total. The molecule has 0 amide bonds. The van der Waals surface area contributed by atoms with Gasteiger partial charge < -0.3 is 10.2 Å². The second-order valence-electron chi connectivity index (χ2n) is 6.45. The van der Waals surface area contributed by atoms with E-state index in [2.05, 4.69) is 15.6 Å². The van der Waals surface area contributed by atoms with Gasteiger partial charge in [-0.15, -0.1) is 0 Å². The molecule has 4 aromatic rings. The predicted octanol–water partition coefficient (Wildman–Crippen LogP) is 5.58. The molecule has 0 saturated carbocycles. The summed E-state index contributed by atoms with van der Waals surface area (Å²) in [6.45, 7) is 1.06. The van der Waals surface area contributed by atoms with Gasteiger partial charge in [0.25, 0.3) is 0 Å². The van der Waals surface area contributed by atoms with Crippen molar-refractivity contribution in [3.63, 3.8) is 0 Å². The maximum Gasteiger partial charge on any atom is 0.214 e. The quantitative estimate of drug-likeness (QED) is 0.381. The van der Waals surface area contributed by atoms with Crippen molar-refractivity contribution in [1.82, 2.24) is 14.9 Å². The van der Waals surface area contributed by atoms with E-state index in [0.717, 1.165) is 33.3 Å². The summed E-state index contributed by atoms with van der Waals surface area (Å²) in [6, 6.07) is 25.5. The Bertz CT molecular complexity index is 1140. The number of nitrogens with one attached hydrogen (secondary N) is 2. The molecule has 0 unspecified atom stereocenters. The Morgan fingerprint density at radius 3 is 2.55 bits per heavy atom. The van der Waals surface area contributed by atoms with Gasteiger partial charge in [0.05, 0.1) is 6.54 Å². The van der Waals surface area contributed by atoms with Crippen LogP contribution < -0.4 is 10.2 Å². The number of nitrogens with zero attached hydrogens (tertiary/aromatic N) is 2. The van der Waals surface area contributed by atoms with Gasteiger partial charge in [-0.1, -0.05) is 66.2 Å². The summed E-state index contributed by atoms with van der Waals surface area (Å²) >= 11 is 11.3. The highest BCUT2D eigenvalue weighted by molar-refractivity contribution is 7.71. The lowest BCUT2D eigenvalue weighted by Gasteiger charge is -2.12. The van der Waals surface area contributed by atoms with Crippen LogP contribution in [-0.2, 0) is 13.2 Å². The SMILES string of the molecule is S=c1[nH]nc(-c2ccccc2)n1NCc1cccc(OCc2ccc(Cl)cc2)c1. The molecule has 0 saturated heterocycles. The zero-order chi connectivity index (χ0) is 20.1. The highest BCUT2D eigenvalue weighted by Crippen LogP contribution is 2.18. The Kier molecular flexibility index (Phi) is 5.93. The molecular formula is C22H19ClN4OS. The van der Waals surface area contributed by atoms with Crippen LogP contribution in [0.25, 0.3) is 11.4 Å². The lowest BCUT2D eigenvalue weighted by Crippen LogP contribution is -2.16. The van der Waals surface area contributed by atoms with Gasteiger partial charge in [0.2, 0.25) is 4.77 Å². The highest BCUT2D eigenvalue weighted by atomic mass is 35.5. The third-order valence-electron chi connectivity index (χ3n) is 4.36. The summed E-state index contributed by atoms with van der Waals surface area (Å²) in [6.07, 6.45) is 0. The number of aromatic amines is 1. The van der Waals surface area contributed by atoms with Crippen molar-refractivity contribution < 1.29 is 4.74 Å². The molecule has 0 fully saturated rings. The predicted molar refractivity (Wildman–Crippen MR) is 118 cm³/mol. The van der Waals surface area contributed by atoms with Gasteiger partial charge >= 0.3 is 0 Å². The lowest BCUT2D eigenvalue weighted by molar-refractivity contribution is 0.306. The minimum atomic E-state index is 0.485. The fraction of sp³-hybridized carbons (Fsp3) is 0.0909. The zero-order valence-electron chi connectivity index (χ0n) is 15.5. The fourth-order valence-corrected chi connectivity index (χ4v) is 3.21. The van der Waals surface area contributed by atoms with Crippen LogP contribution in [0.4, 0.5) is 0 Å². The molecule has 0 atom stereocenters. The van der Waals surface area contributed by atoms with Crippen molar-refractivity contribution >= 4 is 23.8 Å². The molecule has 0 radical (unpaired) electrons. The van der Waals surface area contributed by atoms with Gasteiger partial charge in [-0.05, 0) is 47.6 Å². The van der Waals surface area contributed by atoms with Crippen molar-refractivity contribution in [2.24, 2.45) is 0 Å². The van der Waals surface area contributed by atoms with Gasteiger partial charge in [0.1, 0.15) is 12.4 Å². The number of H-pyrrole nitrogens is 1. The molecule has 1 aromatic heterocycles. The lowest BCUT2D eigenvalue weighted by atomic mass is 10.2. The van der Waals surface area contributed by atoms with Gasteiger partial charge in [0, 0.05) is 10.6 Å². The number of ether oxygens (including phenoxy) is 1. The summed E-state index contributed by atoms with van der Waals surface area (Å²) in [5, 5.41) is 7.90.